The highest BCUT2D eigenvalue weighted by molar-refractivity contribution is 6.39. The molecule has 3 unspecified atom stereocenters. The van der Waals surface area contributed by atoms with Crippen LogP contribution in [0.25, 0.3) is 0 Å². The molecule has 15 heteroatoms. The van der Waals surface area contributed by atoms with Gasteiger partial charge in [0.05, 0.1) is 42.4 Å². The molecule has 1 aliphatic heterocycles. The van der Waals surface area contributed by atoms with Crippen molar-refractivity contribution in [1.82, 2.24) is 20.9 Å². The fraction of sp³-hybridized carbons (Fsp3) is 0.320. The van der Waals surface area contributed by atoms with Gasteiger partial charge in [-0.1, -0.05) is 35.3 Å². The zero-order valence-corrected chi connectivity index (χ0v) is 22.8. The Labute approximate surface area is 238 Å². The van der Waals surface area contributed by atoms with E-state index >= 15 is 0 Å². The zero-order valence-electron chi connectivity index (χ0n) is 21.3. The molecule has 214 valence electrons. The third-order valence-corrected chi connectivity index (χ3v) is 6.76. The summed E-state index contributed by atoms with van der Waals surface area (Å²) in [6.45, 7) is -0.548. The maximum Gasteiger partial charge on any atom is 0.328 e. The Kier molecular flexibility index (Phi) is 10.0. The Bertz CT molecular complexity index is 1280. The SMILES string of the molecule is COc1cccc(OC)c1C(=O)NC(CC1CNC(=O)N1CC(NC(=O)c1c(Cl)cccc1Cl)C(=O)O)C(=O)O. The van der Waals surface area contributed by atoms with E-state index in [1.165, 1.54) is 44.6 Å². The molecule has 0 radical (unpaired) electrons. The number of carbonyl (C=O) groups excluding carboxylic acids is 3. The third-order valence-electron chi connectivity index (χ3n) is 6.13. The van der Waals surface area contributed by atoms with Gasteiger partial charge in [0.15, 0.2) is 0 Å². The predicted octanol–water partition coefficient (Wildman–Crippen LogP) is 1.86. The number of methoxy groups -OCH3 is 2. The van der Waals surface area contributed by atoms with E-state index in [-0.39, 0.29) is 45.6 Å². The van der Waals surface area contributed by atoms with E-state index in [0.717, 1.165) is 4.90 Å². The van der Waals surface area contributed by atoms with Gasteiger partial charge in [-0.25, -0.2) is 14.4 Å². The quantitative estimate of drug-likeness (QED) is 0.244. The molecule has 1 saturated heterocycles. The van der Waals surface area contributed by atoms with Gasteiger partial charge in [-0.05, 0) is 24.3 Å². The largest absolute Gasteiger partial charge is 0.496 e. The normalized spacial score (nSPS) is 15.9. The van der Waals surface area contributed by atoms with Gasteiger partial charge in [-0.15, -0.1) is 0 Å². The molecule has 0 saturated carbocycles. The van der Waals surface area contributed by atoms with Gasteiger partial charge < -0.3 is 40.5 Å². The molecule has 5 N–H and O–H groups in total. The van der Waals surface area contributed by atoms with Crippen molar-refractivity contribution in [3.8, 4) is 11.5 Å². The molecule has 0 spiro atoms. The molecular formula is C25H26Cl2N4O9. The minimum absolute atomic E-state index is 0.00218. The van der Waals surface area contributed by atoms with Crippen LogP contribution in [0, 0.1) is 0 Å². The number of halogens is 2. The second-order valence-electron chi connectivity index (χ2n) is 8.59. The van der Waals surface area contributed by atoms with Crippen molar-refractivity contribution in [3.05, 3.63) is 57.6 Å². The smallest absolute Gasteiger partial charge is 0.328 e. The van der Waals surface area contributed by atoms with Crippen molar-refractivity contribution < 1.29 is 43.7 Å². The van der Waals surface area contributed by atoms with Crippen molar-refractivity contribution in [2.75, 3.05) is 27.3 Å². The molecule has 1 fully saturated rings. The topological polar surface area (TPSA) is 184 Å². The summed E-state index contributed by atoms with van der Waals surface area (Å²) >= 11 is 12.1. The lowest BCUT2D eigenvalue weighted by Crippen LogP contribution is -2.52. The van der Waals surface area contributed by atoms with Gasteiger partial charge in [0.1, 0.15) is 29.1 Å². The molecule has 40 heavy (non-hydrogen) atoms. The number of nitrogens with one attached hydrogen (secondary N) is 3. The van der Waals surface area contributed by atoms with Crippen molar-refractivity contribution in [1.29, 1.82) is 0 Å². The maximum absolute atomic E-state index is 13.0. The monoisotopic (exact) mass is 596 g/mol. The molecule has 3 rings (SSSR count). The second-order valence-corrected chi connectivity index (χ2v) is 9.41. The molecule has 2 aromatic rings. The summed E-state index contributed by atoms with van der Waals surface area (Å²) in [4.78, 5) is 63.5. The lowest BCUT2D eigenvalue weighted by atomic mass is 10.0. The molecule has 0 aliphatic carbocycles. The summed E-state index contributed by atoms with van der Waals surface area (Å²) in [5, 5.41) is 26.8. The van der Waals surface area contributed by atoms with Crippen LogP contribution in [0.5, 0.6) is 11.5 Å². The van der Waals surface area contributed by atoms with E-state index in [1.54, 1.807) is 6.07 Å². The summed E-state index contributed by atoms with van der Waals surface area (Å²) in [5.74, 6) is -4.21. The van der Waals surface area contributed by atoms with E-state index in [1.807, 2.05) is 0 Å². The van der Waals surface area contributed by atoms with Gasteiger partial charge in [0, 0.05) is 13.0 Å². The number of hydrogen-bond donors (Lipinski definition) is 5. The fourth-order valence-electron chi connectivity index (χ4n) is 4.15. The molecule has 1 aliphatic rings. The highest BCUT2D eigenvalue weighted by Gasteiger charge is 2.38. The highest BCUT2D eigenvalue weighted by atomic mass is 35.5. The first-order valence-electron chi connectivity index (χ1n) is 11.7. The number of aliphatic carboxylic acids is 2. The number of urea groups is 1. The van der Waals surface area contributed by atoms with E-state index in [0.29, 0.717) is 0 Å². The second kappa shape index (κ2) is 13.2. The summed E-state index contributed by atoms with van der Waals surface area (Å²) in [6, 6.07) is 4.31. The summed E-state index contributed by atoms with van der Waals surface area (Å²) in [7, 11) is 2.68. The van der Waals surface area contributed by atoms with Gasteiger partial charge in [0.25, 0.3) is 11.8 Å². The number of rotatable bonds is 12. The van der Waals surface area contributed by atoms with Crippen LogP contribution in [0.1, 0.15) is 27.1 Å². The Hall–Kier alpha value is -4.23. The molecule has 0 aromatic heterocycles. The van der Waals surface area contributed by atoms with Crippen molar-refractivity contribution in [2.24, 2.45) is 0 Å². The predicted molar refractivity (Wildman–Crippen MR) is 142 cm³/mol. The molecular weight excluding hydrogens is 571 g/mol. The molecule has 1 heterocycles. The number of carboxylic acid groups (broad SMARTS) is 2. The Balaban J connectivity index is 1.78. The number of carbonyl (C=O) groups is 5. The lowest BCUT2D eigenvalue weighted by Gasteiger charge is -2.28. The third kappa shape index (κ3) is 6.85. The fourth-order valence-corrected chi connectivity index (χ4v) is 4.72. The molecule has 2 aromatic carbocycles. The first-order valence-corrected chi connectivity index (χ1v) is 12.5. The van der Waals surface area contributed by atoms with Crippen LogP contribution < -0.4 is 25.4 Å². The van der Waals surface area contributed by atoms with Gasteiger partial charge >= 0.3 is 18.0 Å². The van der Waals surface area contributed by atoms with E-state index < -0.39 is 54.5 Å². The van der Waals surface area contributed by atoms with Gasteiger partial charge in [-0.3, -0.25) is 9.59 Å². The number of ether oxygens (including phenoxy) is 2. The van der Waals surface area contributed by atoms with E-state index in [2.05, 4.69) is 16.0 Å². The Morgan fingerprint density at radius 2 is 1.43 bits per heavy atom. The number of benzene rings is 2. The number of hydrogen-bond acceptors (Lipinski definition) is 7. The Morgan fingerprint density at radius 1 is 0.925 bits per heavy atom. The number of nitrogens with zero attached hydrogens (tertiary/aromatic N) is 1. The van der Waals surface area contributed by atoms with Crippen LogP contribution in [0.3, 0.4) is 0 Å². The molecule has 4 amide bonds. The van der Waals surface area contributed by atoms with Gasteiger partial charge in [0.2, 0.25) is 0 Å². The summed E-state index contributed by atoms with van der Waals surface area (Å²) in [5.41, 5.74) is -0.164. The molecule has 0 bridgehead atoms. The van der Waals surface area contributed by atoms with Crippen LogP contribution in [0.15, 0.2) is 36.4 Å². The maximum atomic E-state index is 13.0. The first kappa shape index (κ1) is 30.3. The number of amides is 4. The minimum Gasteiger partial charge on any atom is -0.496 e. The van der Waals surface area contributed by atoms with Crippen LogP contribution in [0.4, 0.5) is 4.79 Å². The van der Waals surface area contributed by atoms with Crippen LogP contribution in [-0.4, -0.2) is 90.3 Å². The van der Waals surface area contributed by atoms with Crippen LogP contribution >= 0.6 is 23.2 Å². The number of carboxylic acids is 2. The zero-order chi connectivity index (χ0) is 29.6. The minimum atomic E-state index is -1.60. The molecule has 3 atom stereocenters. The van der Waals surface area contributed by atoms with E-state index in [9.17, 15) is 34.2 Å². The average molecular weight is 597 g/mol. The van der Waals surface area contributed by atoms with Gasteiger partial charge in [-0.2, -0.15) is 0 Å². The first-order chi connectivity index (χ1) is 19.0. The molecule has 13 nitrogen and oxygen atoms in total. The van der Waals surface area contributed by atoms with Crippen molar-refractivity contribution in [2.45, 2.75) is 24.5 Å². The van der Waals surface area contributed by atoms with E-state index in [4.69, 9.17) is 32.7 Å². The van der Waals surface area contributed by atoms with Crippen molar-refractivity contribution >= 4 is 53.0 Å². The average Bonchev–Trinajstić information content (AvgIpc) is 3.25. The van der Waals surface area contributed by atoms with Crippen LogP contribution in [-0.2, 0) is 9.59 Å². The Morgan fingerprint density at radius 3 is 1.95 bits per heavy atom. The highest BCUT2D eigenvalue weighted by Crippen LogP contribution is 2.28. The summed E-state index contributed by atoms with van der Waals surface area (Å²) < 4.78 is 10.4. The summed E-state index contributed by atoms with van der Waals surface area (Å²) in [6.07, 6.45) is -0.284. The lowest BCUT2D eigenvalue weighted by molar-refractivity contribution is -0.141. The van der Waals surface area contributed by atoms with Crippen molar-refractivity contribution in [3.63, 3.8) is 0 Å². The standard InChI is InChI=1S/C25H26Cl2N4O9/c1-39-17-7-4-8-18(40-2)20(17)22(33)29-15(23(34)35)9-12-10-28-25(38)31(12)11-16(24(36)37)30-21(32)19-13(26)5-3-6-14(19)27/h3-8,12,15-16H,9-11H2,1-2H3,(H,28,38)(H,29,33)(H,30,32)(H,34,35)(H,36,37). The van der Waals surface area contributed by atoms with Crippen LogP contribution in [0.2, 0.25) is 10.0 Å².